The van der Waals surface area contributed by atoms with Crippen LogP contribution in [0.3, 0.4) is 0 Å². The summed E-state index contributed by atoms with van der Waals surface area (Å²) >= 11 is 0. The molecule has 0 rings (SSSR count). The third-order valence-electron chi connectivity index (χ3n) is 1.87. The van der Waals surface area contributed by atoms with Crippen molar-refractivity contribution in [1.29, 1.82) is 0 Å². The van der Waals surface area contributed by atoms with Gasteiger partial charge in [-0.25, -0.2) is 4.79 Å². The maximum atomic E-state index is 11.1. The van der Waals surface area contributed by atoms with Gasteiger partial charge in [0.1, 0.15) is 12.2 Å². The molecule has 0 amide bonds. The summed E-state index contributed by atoms with van der Waals surface area (Å²) in [5.74, 6) is -0.499. The zero-order valence-corrected chi connectivity index (χ0v) is 9.16. The molecule has 3 heteroatoms. The highest BCUT2D eigenvalue weighted by Gasteiger charge is 2.25. The first-order valence-electron chi connectivity index (χ1n) is 4.72. The largest absolute Gasteiger partial charge is 0.459 e. The van der Waals surface area contributed by atoms with Crippen molar-refractivity contribution < 1.29 is 14.6 Å². The van der Waals surface area contributed by atoms with Crippen LogP contribution in [0.5, 0.6) is 0 Å². The van der Waals surface area contributed by atoms with Crippen molar-refractivity contribution in [2.45, 2.75) is 25.4 Å². The van der Waals surface area contributed by atoms with Crippen LogP contribution in [0.25, 0.3) is 0 Å². The summed E-state index contributed by atoms with van der Waals surface area (Å²) in [6, 6.07) is 0. The van der Waals surface area contributed by atoms with Crippen LogP contribution in [0, 0.1) is 0 Å². The number of carbonyl (C=O) groups excluding carboxylic acids is 1. The van der Waals surface area contributed by atoms with Gasteiger partial charge in [-0.15, -0.1) is 13.2 Å². The molecule has 15 heavy (non-hydrogen) atoms. The van der Waals surface area contributed by atoms with Gasteiger partial charge >= 0.3 is 5.97 Å². The molecule has 0 atom stereocenters. The molecule has 0 saturated heterocycles. The Hall–Kier alpha value is -1.35. The van der Waals surface area contributed by atoms with E-state index in [0.29, 0.717) is 18.4 Å². The normalized spacial score (nSPS) is 10.5. The molecule has 0 bridgehead atoms. The Kier molecular flexibility index (Phi) is 5.64. The van der Waals surface area contributed by atoms with Gasteiger partial charge in [-0.2, -0.15) is 0 Å². The zero-order valence-electron chi connectivity index (χ0n) is 9.16. The monoisotopic (exact) mass is 210 g/mol. The highest BCUT2D eigenvalue weighted by molar-refractivity contribution is 5.86. The van der Waals surface area contributed by atoms with E-state index in [-0.39, 0.29) is 6.61 Å². The SMILES string of the molecule is C=CCC(O)(CC=C)COC(=O)C(=C)C. The smallest absolute Gasteiger partial charge is 0.333 e. The van der Waals surface area contributed by atoms with Gasteiger partial charge in [0.05, 0.1) is 0 Å². The topological polar surface area (TPSA) is 46.5 Å². The summed E-state index contributed by atoms with van der Waals surface area (Å²) in [6.45, 7) is 12.0. The lowest BCUT2D eigenvalue weighted by Crippen LogP contribution is -2.34. The summed E-state index contributed by atoms with van der Waals surface area (Å²) in [7, 11) is 0. The van der Waals surface area contributed by atoms with Gasteiger partial charge in [-0.3, -0.25) is 0 Å². The Morgan fingerprint density at radius 2 is 1.87 bits per heavy atom. The second kappa shape index (κ2) is 6.19. The standard InChI is InChI=1S/C12H18O3/c1-5-7-12(14,8-6-2)9-15-11(13)10(3)4/h5-6,14H,1-3,7-9H2,4H3. The minimum Gasteiger partial charge on any atom is -0.459 e. The average Bonchev–Trinajstić information content (AvgIpc) is 2.15. The second-order valence-electron chi connectivity index (χ2n) is 3.57. The van der Waals surface area contributed by atoms with E-state index in [4.69, 9.17) is 4.74 Å². The molecule has 1 N–H and O–H groups in total. The van der Waals surface area contributed by atoms with Crippen molar-refractivity contribution >= 4 is 5.97 Å². The summed E-state index contributed by atoms with van der Waals surface area (Å²) in [6.07, 6.45) is 3.86. The third kappa shape index (κ3) is 5.18. The lowest BCUT2D eigenvalue weighted by molar-refractivity contribution is -0.146. The van der Waals surface area contributed by atoms with Crippen molar-refractivity contribution in [3.63, 3.8) is 0 Å². The number of esters is 1. The summed E-state index contributed by atoms with van der Waals surface area (Å²) in [5, 5.41) is 9.99. The fourth-order valence-corrected chi connectivity index (χ4v) is 1.06. The van der Waals surface area contributed by atoms with E-state index in [9.17, 15) is 9.90 Å². The molecular formula is C12H18O3. The lowest BCUT2D eigenvalue weighted by atomic mass is 9.97. The van der Waals surface area contributed by atoms with E-state index in [1.807, 2.05) is 0 Å². The molecule has 0 unspecified atom stereocenters. The fourth-order valence-electron chi connectivity index (χ4n) is 1.06. The quantitative estimate of drug-likeness (QED) is 0.397. The van der Waals surface area contributed by atoms with E-state index < -0.39 is 11.6 Å². The third-order valence-corrected chi connectivity index (χ3v) is 1.87. The molecule has 0 aromatic rings. The van der Waals surface area contributed by atoms with Crippen LogP contribution in [0.4, 0.5) is 0 Å². The van der Waals surface area contributed by atoms with Crippen molar-refractivity contribution in [3.8, 4) is 0 Å². The molecule has 0 aliphatic heterocycles. The van der Waals surface area contributed by atoms with Crippen LogP contribution in [-0.4, -0.2) is 23.3 Å². The predicted octanol–water partition coefficient (Wildman–Crippen LogP) is 1.99. The van der Waals surface area contributed by atoms with Crippen molar-refractivity contribution in [2.75, 3.05) is 6.61 Å². The van der Waals surface area contributed by atoms with Crippen LogP contribution in [-0.2, 0) is 9.53 Å². The Labute approximate surface area is 90.8 Å². The highest BCUT2D eigenvalue weighted by Crippen LogP contribution is 2.17. The summed E-state index contributed by atoms with van der Waals surface area (Å²) in [4.78, 5) is 11.1. The molecular weight excluding hydrogens is 192 g/mol. The molecule has 0 saturated carbocycles. The fraction of sp³-hybridized carbons (Fsp3) is 0.417. The van der Waals surface area contributed by atoms with E-state index in [1.54, 1.807) is 19.1 Å². The first-order valence-corrected chi connectivity index (χ1v) is 4.72. The number of aliphatic hydroxyl groups is 1. The number of rotatable bonds is 7. The van der Waals surface area contributed by atoms with Crippen LogP contribution in [0.15, 0.2) is 37.5 Å². The van der Waals surface area contributed by atoms with Crippen LogP contribution >= 0.6 is 0 Å². The van der Waals surface area contributed by atoms with Crippen molar-refractivity contribution in [1.82, 2.24) is 0 Å². The minimum absolute atomic E-state index is 0.0727. The van der Waals surface area contributed by atoms with Crippen LogP contribution in [0.2, 0.25) is 0 Å². The molecule has 0 heterocycles. The molecule has 0 aliphatic carbocycles. The lowest BCUT2D eigenvalue weighted by Gasteiger charge is -2.24. The zero-order chi connectivity index (χ0) is 11.9. The van der Waals surface area contributed by atoms with Crippen molar-refractivity contribution in [3.05, 3.63) is 37.5 Å². The van der Waals surface area contributed by atoms with Gasteiger partial charge in [0.15, 0.2) is 0 Å². The maximum absolute atomic E-state index is 11.1. The van der Waals surface area contributed by atoms with Gasteiger partial charge in [0.2, 0.25) is 0 Å². The van der Waals surface area contributed by atoms with Crippen LogP contribution in [0.1, 0.15) is 19.8 Å². The molecule has 0 aromatic heterocycles. The van der Waals surface area contributed by atoms with Crippen LogP contribution < -0.4 is 0 Å². The molecule has 84 valence electrons. The van der Waals surface area contributed by atoms with Crippen molar-refractivity contribution in [2.24, 2.45) is 0 Å². The molecule has 0 fully saturated rings. The number of hydrogen-bond acceptors (Lipinski definition) is 3. The summed E-state index contributed by atoms with van der Waals surface area (Å²) < 4.78 is 4.89. The first kappa shape index (κ1) is 13.7. The molecule has 0 spiro atoms. The molecule has 0 aromatic carbocycles. The maximum Gasteiger partial charge on any atom is 0.333 e. The van der Waals surface area contributed by atoms with E-state index in [2.05, 4.69) is 19.7 Å². The Morgan fingerprint density at radius 3 is 2.20 bits per heavy atom. The molecule has 0 radical (unpaired) electrons. The van der Waals surface area contributed by atoms with Gasteiger partial charge in [-0.05, 0) is 19.8 Å². The van der Waals surface area contributed by atoms with E-state index in [1.165, 1.54) is 0 Å². The highest BCUT2D eigenvalue weighted by atomic mass is 16.5. The minimum atomic E-state index is -1.10. The molecule has 0 aliphatic rings. The summed E-state index contributed by atoms with van der Waals surface area (Å²) in [5.41, 5.74) is -0.788. The Morgan fingerprint density at radius 1 is 1.40 bits per heavy atom. The van der Waals surface area contributed by atoms with Gasteiger partial charge in [0.25, 0.3) is 0 Å². The molecule has 3 nitrogen and oxygen atoms in total. The Balaban J connectivity index is 4.28. The van der Waals surface area contributed by atoms with E-state index in [0.717, 1.165) is 0 Å². The number of carbonyl (C=O) groups is 1. The average molecular weight is 210 g/mol. The van der Waals surface area contributed by atoms with Gasteiger partial charge < -0.3 is 9.84 Å². The van der Waals surface area contributed by atoms with Gasteiger partial charge in [0, 0.05) is 5.57 Å². The Bertz CT molecular complexity index is 256. The van der Waals surface area contributed by atoms with Gasteiger partial charge in [-0.1, -0.05) is 18.7 Å². The number of hydrogen-bond donors (Lipinski definition) is 1. The predicted molar refractivity (Wildman–Crippen MR) is 60.4 cm³/mol. The van der Waals surface area contributed by atoms with E-state index >= 15 is 0 Å². The second-order valence-corrected chi connectivity index (χ2v) is 3.57. The number of ether oxygens (including phenoxy) is 1. The first-order chi connectivity index (χ1) is 6.95.